The summed E-state index contributed by atoms with van der Waals surface area (Å²) in [7, 11) is 0. The molecule has 1 saturated heterocycles. The van der Waals surface area contributed by atoms with Crippen LogP contribution in [0.1, 0.15) is 10.4 Å². The highest BCUT2D eigenvalue weighted by Gasteiger charge is 2.34. The van der Waals surface area contributed by atoms with Crippen LogP contribution in [0.2, 0.25) is 0 Å². The molecule has 0 unspecified atom stereocenters. The van der Waals surface area contributed by atoms with Gasteiger partial charge in [-0.05, 0) is 30.0 Å². The smallest absolute Gasteiger partial charge is 0.310 e. The Hall–Kier alpha value is -1.62. The van der Waals surface area contributed by atoms with E-state index in [2.05, 4.69) is 0 Å². The number of aliphatic carboxylic acids is 1. The van der Waals surface area contributed by atoms with Crippen molar-refractivity contribution in [3.05, 3.63) is 28.0 Å². The van der Waals surface area contributed by atoms with E-state index in [0.717, 1.165) is 10.4 Å². The van der Waals surface area contributed by atoms with Gasteiger partial charge in [-0.1, -0.05) is 0 Å². The minimum atomic E-state index is -0.827. The van der Waals surface area contributed by atoms with Gasteiger partial charge in [0.15, 0.2) is 0 Å². The molecule has 17 heavy (non-hydrogen) atoms. The largest absolute Gasteiger partial charge is 0.481 e. The molecule has 1 fully saturated rings. The van der Waals surface area contributed by atoms with E-state index in [9.17, 15) is 9.59 Å². The van der Waals surface area contributed by atoms with Crippen LogP contribution >= 0.6 is 11.3 Å². The van der Waals surface area contributed by atoms with Crippen molar-refractivity contribution in [1.82, 2.24) is 4.90 Å². The van der Waals surface area contributed by atoms with Crippen LogP contribution in [0.3, 0.4) is 0 Å². The normalized spacial score (nSPS) is 16.2. The number of carboxylic acid groups (broad SMARTS) is 1. The van der Waals surface area contributed by atoms with Crippen molar-refractivity contribution in [2.75, 3.05) is 13.1 Å². The highest BCUT2D eigenvalue weighted by atomic mass is 32.1. The molecule has 0 aliphatic carbocycles. The van der Waals surface area contributed by atoms with Crippen LogP contribution in [0.15, 0.2) is 17.5 Å². The maximum atomic E-state index is 11.7. The van der Waals surface area contributed by atoms with E-state index >= 15 is 0 Å². The molecule has 0 atom stereocenters. The minimum Gasteiger partial charge on any atom is -0.481 e. The van der Waals surface area contributed by atoms with Gasteiger partial charge in [-0.2, -0.15) is 0 Å². The van der Waals surface area contributed by atoms with Crippen molar-refractivity contribution in [2.24, 2.45) is 5.92 Å². The first-order valence-electron chi connectivity index (χ1n) is 5.32. The standard InChI is InChI=1S/C12H13NO3S/c1-8-4-5-17-10(8)2-3-11(14)13-6-9(7-13)12(15)16/h2-5,9H,6-7H2,1H3,(H,15,16). The Kier molecular flexibility index (Phi) is 3.28. The van der Waals surface area contributed by atoms with Crippen molar-refractivity contribution in [3.63, 3.8) is 0 Å². The first kappa shape index (κ1) is 11.9. The number of nitrogens with zero attached hydrogens (tertiary/aromatic N) is 1. The second kappa shape index (κ2) is 4.71. The summed E-state index contributed by atoms with van der Waals surface area (Å²) in [4.78, 5) is 24.8. The van der Waals surface area contributed by atoms with Crippen LogP contribution in [-0.4, -0.2) is 35.0 Å². The molecule has 2 heterocycles. The fourth-order valence-electron chi connectivity index (χ4n) is 1.62. The molecule has 0 spiro atoms. The van der Waals surface area contributed by atoms with E-state index in [0.29, 0.717) is 13.1 Å². The maximum absolute atomic E-state index is 11.7. The molecule has 1 N–H and O–H groups in total. The van der Waals surface area contributed by atoms with Crippen LogP contribution in [0.4, 0.5) is 0 Å². The molecular formula is C12H13NO3S. The van der Waals surface area contributed by atoms with Gasteiger partial charge in [-0.3, -0.25) is 9.59 Å². The van der Waals surface area contributed by atoms with E-state index in [4.69, 9.17) is 5.11 Å². The van der Waals surface area contributed by atoms with Gasteiger partial charge in [0.25, 0.3) is 0 Å². The fraction of sp³-hybridized carbons (Fsp3) is 0.333. The molecule has 0 bridgehead atoms. The molecule has 1 aromatic rings. The zero-order valence-corrected chi connectivity index (χ0v) is 10.2. The third-order valence-electron chi connectivity index (χ3n) is 2.82. The first-order valence-corrected chi connectivity index (χ1v) is 6.20. The van der Waals surface area contributed by atoms with Gasteiger partial charge in [0.1, 0.15) is 0 Å². The minimum absolute atomic E-state index is 0.115. The lowest BCUT2D eigenvalue weighted by atomic mass is 10.0. The lowest BCUT2D eigenvalue weighted by molar-refractivity contribution is -0.151. The Morgan fingerprint density at radius 1 is 1.53 bits per heavy atom. The number of hydrogen-bond acceptors (Lipinski definition) is 3. The zero-order valence-electron chi connectivity index (χ0n) is 9.42. The average Bonchev–Trinajstić information content (AvgIpc) is 2.58. The number of rotatable bonds is 3. The summed E-state index contributed by atoms with van der Waals surface area (Å²) in [6, 6.07) is 2.00. The van der Waals surface area contributed by atoms with Gasteiger partial charge in [0.2, 0.25) is 5.91 Å². The predicted molar refractivity (Wildman–Crippen MR) is 65.8 cm³/mol. The maximum Gasteiger partial charge on any atom is 0.310 e. The molecule has 0 radical (unpaired) electrons. The van der Waals surface area contributed by atoms with E-state index < -0.39 is 11.9 Å². The number of carboxylic acids is 1. The highest BCUT2D eigenvalue weighted by Crippen LogP contribution is 2.19. The molecule has 1 amide bonds. The summed E-state index contributed by atoms with van der Waals surface area (Å²) in [6.45, 7) is 2.63. The number of carbonyl (C=O) groups excluding carboxylic acids is 1. The molecular weight excluding hydrogens is 238 g/mol. The molecule has 0 saturated carbocycles. The number of aryl methyl sites for hydroxylation is 1. The van der Waals surface area contributed by atoms with Crippen molar-refractivity contribution in [3.8, 4) is 0 Å². The van der Waals surface area contributed by atoms with E-state index in [-0.39, 0.29) is 5.91 Å². The van der Waals surface area contributed by atoms with Crippen LogP contribution in [0, 0.1) is 12.8 Å². The van der Waals surface area contributed by atoms with Gasteiger partial charge in [-0.25, -0.2) is 0 Å². The Balaban J connectivity index is 1.89. The lowest BCUT2D eigenvalue weighted by Crippen LogP contribution is -2.52. The molecule has 2 rings (SSSR count). The average molecular weight is 251 g/mol. The predicted octanol–water partition coefficient (Wildman–Crippen LogP) is 1.61. The Bertz CT molecular complexity index is 472. The highest BCUT2D eigenvalue weighted by molar-refractivity contribution is 7.11. The second-order valence-corrected chi connectivity index (χ2v) is 5.03. The third kappa shape index (κ3) is 2.55. The van der Waals surface area contributed by atoms with Crippen molar-refractivity contribution in [2.45, 2.75) is 6.92 Å². The first-order chi connectivity index (χ1) is 8.08. The topological polar surface area (TPSA) is 57.6 Å². The monoisotopic (exact) mass is 251 g/mol. The van der Waals surface area contributed by atoms with Crippen LogP contribution in [0.25, 0.3) is 6.08 Å². The van der Waals surface area contributed by atoms with Crippen molar-refractivity contribution in [1.29, 1.82) is 0 Å². The molecule has 4 nitrogen and oxygen atoms in total. The molecule has 1 aromatic heterocycles. The van der Waals surface area contributed by atoms with Crippen molar-refractivity contribution < 1.29 is 14.7 Å². The van der Waals surface area contributed by atoms with E-state index in [1.807, 2.05) is 18.4 Å². The zero-order chi connectivity index (χ0) is 12.4. The number of likely N-dealkylation sites (tertiary alicyclic amines) is 1. The summed E-state index contributed by atoms with van der Waals surface area (Å²) in [6.07, 6.45) is 3.30. The number of amides is 1. The molecule has 1 aliphatic heterocycles. The van der Waals surface area contributed by atoms with Crippen LogP contribution in [0.5, 0.6) is 0 Å². The summed E-state index contributed by atoms with van der Waals surface area (Å²) >= 11 is 1.58. The summed E-state index contributed by atoms with van der Waals surface area (Å²) in [5.41, 5.74) is 1.14. The van der Waals surface area contributed by atoms with Gasteiger partial charge in [0, 0.05) is 24.0 Å². The Morgan fingerprint density at radius 2 is 2.24 bits per heavy atom. The molecule has 5 heteroatoms. The molecule has 0 aromatic carbocycles. The van der Waals surface area contributed by atoms with Gasteiger partial charge >= 0.3 is 5.97 Å². The summed E-state index contributed by atoms with van der Waals surface area (Å²) in [5.74, 6) is -1.33. The van der Waals surface area contributed by atoms with Gasteiger partial charge in [0.05, 0.1) is 5.92 Å². The third-order valence-corrected chi connectivity index (χ3v) is 3.81. The molecule has 1 aliphatic rings. The quantitative estimate of drug-likeness (QED) is 0.830. The fourth-order valence-corrected chi connectivity index (χ4v) is 2.44. The van der Waals surface area contributed by atoms with Gasteiger partial charge < -0.3 is 10.0 Å². The second-order valence-electron chi connectivity index (χ2n) is 4.08. The number of hydrogen-bond donors (Lipinski definition) is 1. The van der Waals surface area contributed by atoms with E-state index in [1.54, 1.807) is 17.4 Å². The SMILES string of the molecule is Cc1ccsc1C=CC(=O)N1CC(C(=O)O)C1. The summed E-state index contributed by atoms with van der Waals surface area (Å²) in [5, 5.41) is 10.7. The number of thiophene rings is 1. The van der Waals surface area contributed by atoms with Crippen molar-refractivity contribution >= 4 is 29.3 Å². The lowest BCUT2D eigenvalue weighted by Gasteiger charge is -2.35. The van der Waals surface area contributed by atoms with E-state index in [1.165, 1.54) is 11.0 Å². The number of carbonyl (C=O) groups is 2. The van der Waals surface area contributed by atoms with Crippen LogP contribution < -0.4 is 0 Å². The Labute approximate surface area is 103 Å². The summed E-state index contributed by atoms with van der Waals surface area (Å²) < 4.78 is 0. The molecule has 90 valence electrons. The van der Waals surface area contributed by atoms with Crippen LogP contribution in [-0.2, 0) is 9.59 Å². The van der Waals surface area contributed by atoms with Gasteiger partial charge in [-0.15, -0.1) is 11.3 Å². The Morgan fingerprint density at radius 3 is 2.76 bits per heavy atom.